The minimum Gasteiger partial charge on any atom is -0.334 e. The number of halogens is 3. The summed E-state index contributed by atoms with van der Waals surface area (Å²) in [5, 5.41) is 2.74. The third kappa shape index (κ3) is 2.91. The van der Waals surface area contributed by atoms with Gasteiger partial charge >= 0.3 is 6.18 Å². The maximum absolute atomic E-state index is 13.1. The van der Waals surface area contributed by atoms with E-state index in [1.54, 1.807) is 35.2 Å². The number of para-hydroxylation sites is 1. The third-order valence-corrected chi connectivity index (χ3v) is 6.10. The van der Waals surface area contributed by atoms with Gasteiger partial charge in [-0.2, -0.15) is 13.2 Å². The van der Waals surface area contributed by atoms with Crippen molar-refractivity contribution in [3.8, 4) is 0 Å². The molecule has 10 heteroatoms. The number of alkyl halides is 3. The van der Waals surface area contributed by atoms with Crippen LogP contribution in [0.25, 0.3) is 5.57 Å². The SMILES string of the molecule is O=C1Nc2ccccc2/C1=c1/sc2n(c1=O)CN(c1cccc(C(F)(F)F)c1)CN=2. The quantitative estimate of drug-likeness (QED) is 0.643. The van der Waals surface area contributed by atoms with Crippen LogP contribution in [-0.2, 0) is 17.6 Å². The number of hydrogen-bond acceptors (Lipinski definition) is 5. The summed E-state index contributed by atoms with van der Waals surface area (Å²) in [6.45, 7) is 0.158. The molecule has 152 valence electrons. The average molecular weight is 430 g/mol. The summed E-state index contributed by atoms with van der Waals surface area (Å²) < 4.78 is 40.8. The molecule has 1 aromatic heterocycles. The van der Waals surface area contributed by atoms with Crippen molar-refractivity contribution in [1.82, 2.24) is 4.57 Å². The number of fused-ring (bicyclic) bond motifs is 2. The molecule has 0 spiro atoms. The first-order valence-corrected chi connectivity index (χ1v) is 9.76. The molecule has 0 bridgehead atoms. The number of thiazole rings is 1. The van der Waals surface area contributed by atoms with Crippen LogP contribution >= 0.6 is 11.3 Å². The highest BCUT2D eigenvalue weighted by Gasteiger charge is 2.31. The van der Waals surface area contributed by atoms with Gasteiger partial charge in [0.2, 0.25) is 0 Å². The monoisotopic (exact) mass is 430 g/mol. The molecule has 0 atom stereocenters. The van der Waals surface area contributed by atoms with Crippen molar-refractivity contribution >= 4 is 34.2 Å². The number of nitrogens with zero attached hydrogens (tertiary/aromatic N) is 3. The van der Waals surface area contributed by atoms with Crippen LogP contribution in [0.3, 0.4) is 0 Å². The fourth-order valence-corrected chi connectivity index (χ4v) is 4.60. The van der Waals surface area contributed by atoms with E-state index in [4.69, 9.17) is 0 Å². The van der Waals surface area contributed by atoms with E-state index >= 15 is 0 Å². The summed E-state index contributed by atoms with van der Waals surface area (Å²) in [6, 6.07) is 12.0. The zero-order valence-corrected chi connectivity index (χ0v) is 16.0. The topological polar surface area (TPSA) is 66.7 Å². The number of amides is 1. The molecular weight excluding hydrogens is 417 g/mol. The standard InChI is InChI=1S/C20H13F3N4O2S/c21-20(22,23)11-4-3-5-12(8-11)26-9-24-19-27(10-26)18(29)16(30-19)15-13-6-1-2-7-14(13)25-17(15)28/h1-8H,9-10H2,(H,25,28)/b16-15-. The van der Waals surface area contributed by atoms with Gasteiger partial charge < -0.3 is 10.2 Å². The number of carbonyl (C=O) groups is 1. The van der Waals surface area contributed by atoms with E-state index in [2.05, 4.69) is 10.3 Å². The number of hydrogen-bond donors (Lipinski definition) is 1. The van der Waals surface area contributed by atoms with Gasteiger partial charge in [0.15, 0.2) is 4.80 Å². The van der Waals surface area contributed by atoms with Gasteiger partial charge in [0.1, 0.15) is 17.9 Å². The Hall–Kier alpha value is -3.40. The summed E-state index contributed by atoms with van der Waals surface area (Å²) in [7, 11) is 0. The van der Waals surface area contributed by atoms with Gasteiger partial charge in [-0.3, -0.25) is 14.2 Å². The summed E-state index contributed by atoms with van der Waals surface area (Å²) in [5.74, 6) is -0.359. The van der Waals surface area contributed by atoms with Gasteiger partial charge in [-0.1, -0.05) is 35.6 Å². The molecule has 0 radical (unpaired) electrons. The minimum atomic E-state index is -4.46. The number of nitrogens with one attached hydrogen (secondary N) is 1. The van der Waals surface area contributed by atoms with Gasteiger partial charge in [-0.25, -0.2) is 4.99 Å². The molecule has 2 aliphatic heterocycles. The minimum absolute atomic E-state index is 0.0476. The predicted octanol–water partition coefficient (Wildman–Crippen LogP) is 2.13. The van der Waals surface area contributed by atoms with E-state index in [1.807, 2.05) is 0 Å². The first-order valence-electron chi connectivity index (χ1n) is 8.94. The molecule has 0 saturated carbocycles. The Morgan fingerprint density at radius 3 is 2.67 bits per heavy atom. The Bertz CT molecular complexity index is 1370. The maximum Gasteiger partial charge on any atom is 0.416 e. The highest BCUT2D eigenvalue weighted by atomic mass is 32.1. The van der Waals surface area contributed by atoms with E-state index in [1.165, 1.54) is 10.6 Å². The molecule has 6 nitrogen and oxygen atoms in total. The van der Waals surface area contributed by atoms with Gasteiger partial charge in [-0.15, -0.1) is 0 Å². The lowest BCUT2D eigenvalue weighted by Crippen LogP contribution is -2.43. The molecule has 5 rings (SSSR count). The Labute approximate surface area is 171 Å². The number of carbonyl (C=O) groups excluding carboxylic acids is 1. The summed E-state index contributed by atoms with van der Waals surface area (Å²) in [5.41, 5.74) is 0.736. The molecule has 0 fully saturated rings. The Morgan fingerprint density at radius 1 is 1.07 bits per heavy atom. The van der Waals surface area contributed by atoms with Crippen molar-refractivity contribution in [2.75, 3.05) is 16.9 Å². The molecule has 2 aliphatic rings. The second-order valence-electron chi connectivity index (χ2n) is 6.85. The highest BCUT2D eigenvalue weighted by Crippen LogP contribution is 2.32. The average Bonchev–Trinajstić information content (AvgIpc) is 3.23. The molecule has 30 heavy (non-hydrogen) atoms. The van der Waals surface area contributed by atoms with Crippen molar-refractivity contribution in [1.29, 1.82) is 0 Å². The van der Waals surface area contributed by atoms with Crippen LogP contribution in [0.4, 0.5) is 24.5 Å². The van der Waals surface area contributed by atoms with E-state index < -0.39 is 17.3 Å². The Kier molecular flexibility index (Phi) is 4.07. The summed E-state index contributed by atoms with van der Waals surface area (Å²) >= 11 is 1.11. The Morgan fingerprint density at radius 2 is 1.87 bits per heavy atom. The molecule has 0 aliphatic carbocycles. The largest absolute Gasteiger partial charge is 0.416 e. The summed E-state index contributed by atoms with van der Waals surface area (Å²) in [4.78, 5) is 31.9. The predicted molar refractivity (Wildman–Crippen MR) is 106 cm³/mol. The fourth-order valence-electron chi connectivity index (χ4n) is 3.55. The van der Waals surface area contributed by atoms with Crippen LogP contribution in [0.5, 0.6) is 0 Å². The third-order valence-electron chi connectivity index (χ3n) is 4.99. The molecule has 1 N–H and O–H groups in total. The van der Waals surface area contributed by atoms with Crippen molar-refractivity contribution in [2.24, 2.45) is 4.99 Å². The lowest BCUT2D eigenvalue weighted by molar-refractivity contribution is -0.137. The molecule has 3 heterocycles. The number of rotatable bonds is 1. The second-order valence-corrected chi connectivity index (χ2v) is 7.83. The van der Waals surface area contributed by atoms with Crippen molar-refractivity contribution in [3.63, 3.8) is 0 Å². The van der Waals surface area contributed by atoms with Crippen LogP contribution in [0.15, 0.2) is 58.3 Å². The molecule has 3 aromatic rings. The van der Waals surface area contributed by atoms with Crippen LogP contribution in [0.1, 0.15) is 11.1 Å². The van der Waals surface area contributed by atoms with Crippen molar-refractivity contribution < 1.29 is 18.0 Å². The molecule has 0 saturated heterocycles. The van der Waals surface area contributed by atoms with Crippen LogP contribution in [0.2, 0.25) is 0 Å². The Balaban J connectivity index is 1.59. The molecule has 0 unspecified atom stereocenters. The van der Waals surface area contributed by atoms with E-state index in [0.29, 0.717) is 27.3 Å². The maximum atomic E-state index is 13.1. The van der Waals surface area contributed by atoms with Crippen LogP contribution in [0, 0.1) is 0 Å². The van der Waals surface area contributed by atoms with E-state index in [9.17, 15) is 22.8 Å². The van der Waals surface area contributed by atoms with Crippen molar-refractivity contribution in [2.45, 2.75) is 12.8 Å². The molecule has 1 amide bonds. The van der Waals surface area contributed by atoms with Crippen molar-refractivity contribution in [3.05, 3.63) is 79.3 Å². The zero-order valence-electron chi connectivity index (χ0n) is 15.2. The first kappa shape index (κ1) is 18.6. The normalized spacial score (nSPS) is 17.3. The lowest BCUT2D eigenvalue weighted by Gasteiger charge is -2.26. The van der Waals surface area contributed by atoms with Gasteiger partial charge in [-0.05, 0) is 24.3 Å². The highest BCUT2D eigenvalue weighted by molar-refractivity contribution is 7.07. The van der Waals surface area contributed by atoms with Gasteiger partial charge in [0, 0.05) is 16.9 Å². The molecular formula is C20H13F3N4O2S. The fraction of sp³-hybridized carbons (Fsp3) is 0.150. The summed E-state index contributed by atoms with van der Waals surface area (Å²) in [6.07, 6.45) is -4.46. The van der Waals surface area contributed by atoms with E-state index in [-0.39, 0.29) is 23.8 Å². The lowest BCUT2D eigenvalue weighted by atomic mass is 10.1. The van der Waals surface area contributed by atoms with Crippen LogP contribution < -0.4 is 25.1 Å². The number of anilines is 2. The smallest absolute Gasteiger partial charge is 0.334 e. The molecule has 2 aromatic carbocycles. The number of aromatic nitrogens is 1. The van der Waals surface area contributed by atoms with E-state index in [0.717, 1.165) is 23.5 Å². The van der Waals surface area contributed by atoms with Crippen LogP contribution in [-0.4, -0.2) is 17.1 Å². The second kappa shape index (κ2) is 6.56. The zero-order chi connectivity index (χ0) is 21.0. The van der Waals surface area contributed by atoms with Gasteiger partial charge in [0.25, 0.3) is 11.5 Å². The number of benzene rings is 2. The van der Waals surface area contributed by atoms with Gasteiger partial charge in [0.05, 0.1) is 11.1 Å². The first-order chi connectivity index (χ1) is 14.3.